The minimum absolute atomic E-state index is 0.0516. The van der Waals surface area contributed by atoms with Crippen LogP contribution in [0.2, 0.25) is 5.02 Å². The molecule has 3 aromatic rings. The summed E-state index contributed by atoms with van der Waals surface area (Å²) in [7, 11) is 0. The summed E-state index contributed by atoms with van der Waals surface area (Å²) in [4.78, 5) is 17.3. The van der Waals surface area contributed by atoms with Crippen LogP contribution in [0, 0.1) is 5.82 Å². The number of fused-ring (bicyclic) bond motifs is 1. The largest absolute Gasteiger partial charge is 0.380 e. The van der Waals surface area contributed by atoms with Crippen LogP contribution in [0.5, 0.6) is 0 Å². The Labute approximate surface area is 153 Å². The average Bonchev–Trinajstić information content (AvgIpc) is 2.92. The summed E-state index contributed by atoms with van der Waals surface area (Å²) in [5.41, 5.74) is 1.17. The number of halogens is 2. The van der Waals surface area contributed by atoms with Crippen molar-refractivity contribution in [2.75, 3.05) is 13.2 Å². The van der Waals surface area contributed by atoms with E-state index in [9.17, 15) is 9.18 Å². The number of amides is 1. The summed E-state index contributed by atoms with van der Waals surface area (Å²) in [6, 6.07) is 11.5. The normalized spacial score (nSPS) is 12.0. The van der Waals surface area contributed by atoms with Crippen molar-refractivity contribution in [2.45, 2.75) is 13.5 Å². The average molecular weight is 379 g/mol. The molecule has 0 radical (unpaired) electrons. The second-order valence-electron chi connectivity index (χ2n) is 5.24. The first kappa shape index (κ1) is 17.8. The lowest BCUT2D eigenvalue weighted by Crippen LogP contribution is -2.19. The summed E-state index contributed by atoms with van der Waals surface area (Å²) in [6.07, 6.45) is 0. The Morgan fingerprint density at radius 2 is 2.12 bits per heavy atom. The molecule has 0 unspecified atom stereocenters. The maximum Gasteiger partial charge on any atom is 0.281 e. The van der Waals surface area contributed by atoms with Gasteiger partial charge in [0.05, 0.1) is 27.4 Å². The zero-order valence-corrected chi connectivity index (χ0v) is 15.1. The lowest BCUT2D eigenvalue weighted by Gasteiger charge is -2.05. The van der Waals surface area contributed by atoms with Crippen molar-refractivity contribution < 1.29 is 13.9 Å². The van der Waals surface area contributed by atoms with Gasteiger partial charge in [0.25, 0.3) is 5.91 Å². The number of hydrogen-bond donors (Lipinski definition) is 0. The highest BCUT2D eigenvalue weighted by atomic mass is 35.5. The molecule has 0 fully saturated rings. The minimum atomic E-state index is -0.498. The standard InChI is InChI=1S/C18H16ClFN2O2S/c1-2-24-10-9-22-15-5-3-4-6-16(15)25-18(22)21-17(23)13-8-7-12(20)11-14(13)19/h3-8,11H,2,9-10H2,1H3. The number of carbonyl (C=O) groups excluding carboxylic acids is 1. The molecule has 1 aromatic heterocycles. The third-order valence-corrected chi connectivity index (χ3v) is 4.98. The summed E-state index contributed by atoms with van der Waals surface area (Å²) < 4.78 is 21.6. The Morgan fingerprint density at radius 3 is 2.88 bits per heavy atom. The molecule has 4 nitrogen and oxygen atoms in total. The van der Waals surface area contributed by atoms with Crippen molar-refractivity contribution in [1.29, 1.82) is 0 Å². The molecule has 7 heteroatoms. The van der Waals surface area contributed by atoms with Gasteiger partial charge in [-0.3, -0.25) is 4.79 Å². The molecule has 0 saturated carbocycles. The predicted molar refractivity (Wildman–Crippen MR) is 97.6 cm³/mol. The van der Waals surface area contributed by atoms with Gasteiger partial charge in [0.2, 0.25) is 0 Å². The highest BCUT2D eigenvalue weighted by Crippen LogP contribution is 2.19. The van der Waals surface area contributed by atoms with Crippen LogP contribution in [0.25, 0.3) is 10.2 Å². The Kier molecular flexibility index (Phi) is 5.63. The molecule has 25 heavy (non-hydrogen) atoms. The van der Waals surface area contributed by atoms with Crippen molar-refractivity contribution in [3.8, 4) is 0 Å². The number of rotatable bonds is 5. The first-order valence-corrected chi connectivity index (χ1v) is 9.00. The molecule has 3 rings (SSSR count). The highest BCUT2D eigenvalue weighted by molar-refractivity contribution is 7.16. The molecule has 0 N–H and O–H groups in total. The van der Waals surface area contributed by atoms with E-state index in [-0.39, 0.29) is 10.6 Å². The van der Waals surface area contributed by atoms with Crippen LogP contribution in [0.15, 0.2) is 47.5 Å². The molecule has 0 aliphatic carbocycles. The molecule has 0 bridgehead atoms. The third kappa shape index (κ3) is 3.98. The fourth-order valence-electron chi connectivity index (χ4n) is 2.43. The van der Waals surface area contributed by atoms with Crippen LogP contribution in [0.1, 0.15) is 17.3 Å². The summed E-state index contributed by atoms with van der Waals surface area (Å²) >= 11 is 7.38. The Bertz CT molecular complexity index is 981. The van der Waals surface area contributed by atoms with Gasteiger partial charge in [-0.05, 0) is 37.3 Å². The van der Waals surface area contributed by atoms with Crippen LogP contribution in [0.4, 0.5) is 4.39 Å². The molecule has 0 atom stereocenters. The highest BCUT2D eigenvalue weighted by Gasteiger charge is 2.12. The van der Waals surface area contributed by atoms with E-state index in [0.717, 1.165) is 16.3 Å². The molecule has 130 valence electrons. The second kappa shape index (κ2) is 7.91. The quantitative estimate of drug-likeness (QED) is 0.622. The fourth-order valence-corrected chi connectivity index (χ4v) is 3.73. The van der Waals surface area contributed by atoms with Gasteiger partial charge in [-0.15, -0.1) is 0 Å². The van der Waals surface area contributed by atoms with Gasteiger partial charge in [0.15, 0.2) is 4.80 Å². The maximum atomic E-state index is 13.2. The van der Waals surface area contributed by atoms with Gasteiger partial charge in [-0.25, -0.2) is 4.39 Å². The van der Waals surface area contributed by atoms with Gasteiger partial charge >= 0.3 is 0 Å². The van der Waals surface area contributed by atoms with E-state index in [1.165, 1.54) is 23.5 Å². The van der Waals surface area contributed by atoms with Crippen molar-refractivity contribution >= 4 is 39.1 Å². The first-order valence-electron chi connectivity index (χ1n) is 7.80. The van der Waals surface area contributed by atoms with Gasteiger partial charge < -0.3 is 9.30 Å². The molecular formula is C18H16ClFN2O2S. The molecule has 1 heterocycles. The number of nitrogens with zero attached hydrogens (tertiary/aromatic N) is 2. The maximum absolute atomic E-state index is 13.2. The molecule has 1 amide bonds. The van der Waals surface area contributed by atoms with E-state index < -0.39 is 11.7 Å². The second-order valence-corrected chi connectivity index (χ2v) is 6.66. The number of benzene rings is 2. The summed E-state index contributed by atoms with van der Waals surface area (Å²) in [6.45, 7) is 3.66. The Hall–Kier alpha value is -2.02. The SMILES string of the molecule is CCOCCn1c(=NC(=O)c2ccc(F)cc2Cl)sc2ccccc21. The molecule has 0 aliphatic rings. The van der Waals surface area contributed by atoms with Crippen molar-refractivity contribution in [3.05, 3.63) is 63.7 Å². The van der Waals surface area contributed by atoms with Crippen molar-refractivity contribution in [1.82, 2.24) is 4.57 Å². The van der Waals surface area contributed by atoms with Gasteiger partial charge in [-0.1, -0.05) is 35.1 Å². The van der Waals surface area contributed by atoms with Gasteiger partial charge in [0.1, 0.15) is 5.82 Å². The van der Waals surface area contributed by atoms with E-state index in [2.05, 4.69) is 4.99 Å². The number of thiazole rings is 1. The van der Waals surface area contributed by atoms with E-state index in [1.807, 2.05) is 35.8 Å². The Morgan fingerprint density at radius 1 is 1.32 bits per heavy atom. The molecule has 0 aliphatic heterocycles. The fraction of sp³-hybridized carbons (Fsp3) is 0.222. The van der Waals surface area contributed by atoms with Crippen LogP contribution >= 0.6 is 22.9 Å². The molecule has 0 spiro atoms. The number of aromatic nitrogens is 1. The number of para-hydroxylation sites is 1. The third-order valence-electron chi connectivity index (χ3n) is 3.61. The number of ether oxygens (including phenoxy) is 1. The first-order chi connectivity index (χ1) is 12.1. The smallest absolute Gasteiger partial charge is 0.281 e. The Balaban J connectivity index is 2.05. The predicted octanol–water partition coefficient (Wildman–Crippen LogP) is 4.27. The van der Waals surface area contributed by atoms with Gasteiger partial charge in [0, 0.05) is 13.2 Å². The lowest BCUT2D eigenvalue weighted by molar-refractivity contribution is 0.0996. The van der Waals surface area contributed by atoms with E-state index in [1.54, 1.807) is 0 Å². The lowest BCUT2D eigenvalue weighted by atomic mass is 10.2. The topological polar surface area (TPSA) is 43.6 Å². The van der Waals surface area contributed by atoms with E-state index in [4.69, 9.17) is 16.3 Å². The number of hydrogen-bond acceptors (Lipinski definition) is 3. The van der Waals surface area contributed by atoms with Crippen LogP contribution in [-0.2, 0) is 11.3 Å². The van der Waals surface area contributed by atoms with E-state index >= 15 is 0 Å². The van der Waals surface area contributed by atoms with Gasteiger partial charge in [-0.2, -0.15) is 4.99 Å². The molecule has 2 aromatic carbocycles. The van der Waals surface area contributed by atoms with Crippen molar-refractivity contribution in [3.63, 3.8) is 0 Å². The zero-order chi connectivity index (χ0) is 17.8. The van der Waals surface area contributed by atoms with Crippen LogP contribution < -0.4 is 4.80 Å². The number of carbonyl (C=O) groups is 1. The summed E-state index contributed by atoms with van der Waals surface area (Å²) in [5.74, 6) is -0.989. The summed E-state index contributed by atoms with van der Waals surface area (Å²) in [5, 5.41) is 0.0516. The zero-order valence-electron chi connectivity index (χ0n) is 13.5. The van der Waals surface area contributed by atoms with Crippen molar-refractivity contribution in [2.24, 2.45) is 4.99 Å². The monoisotopic (exact) mass is 378 g/mol. The molecular weight excluding hydrogens is 363 g/mol. The molecule has 0 saturated heterocycles. The van der Waals surface area contributed by atoms with E-state index in [0.29, 0.717) is 24.6 Å². The van der Waals surface area contributed by atoms with Crippen LogP contribution in [-0.4, -0.2) is 23.7 Å². The minimum Gasteiger partial charge on any atom is -0.380 e. The van der Waals surface area contributed by atoms with Crippen LogP contribution in [0.3, 0.4) is 0 Å².